The maximum Gasteiger partial charge on any atom is 0.261 e. The highest BCUT2D eigenvalue weighted by atomic mass is 79.9. The van der Waals surface area contributed by atoms with Gasteiger partial charge in [0.2, 0.25) is 0 Å². The number of methoxy groups -OCH3 is 1. The zero-order valence-electron chi connectivity index (χ0n) is 18.6. The van der Waals surface area contributed by atoms with Crippen LogP contribution in [0.3, 0.4) is 0 Å². The number of hydrogen-bond acceptors (Lipinski definition) is 5. The van der Waals surface area contributed by atoms with E-state index in [1.54, 1.807) is 37.4 Å². The summed E-state index contributed by atoms with van der Waals surface area (Å²) in [6.07, 6.45) is 0. The third kappa shape index (κ3) is 6.34. The van der Waals surface area contributed by atoms with Gasteiger partial charge in [-0.1, -0.05) is 40.2 Å². The third-order valence-corrected chi connectivity index (χ3v) is 7.00. The maximum atomic E-state index is 12.8. The maximum absolute atomic E-state index is 12.8. The summed E-state index contributed by atoms with van der Waals surface area (Å²) in [7, 11) is 1.70. The molecule has 1 atom stereocenters. The van der Waals surface area contributed by atoms with Gasteiger partial charge < -0.3 is 15.0 Å². The van der Waals surface area contributed by atoms with E-state index in [1.165, 1.54) is 18.2 Å². The van der Waals surface area contributed by atoms with Gasteiger partial charge in [0.05, 0.1) is 18.0 Å². The summed E-state index contributed by atoms with van der Waals surface area (Å²) in [5.74, 6) is 0.441. The van der Waals surface area contributed by atoms with Gasteiger partial charge in [-0.2, -0.15) is 0 Å². The minimum absolute atomic E-state index is 0.107. The van der Waals surface area contributed by atoms with Crippen molar-refractivity contribution in [3.05, 3.63) is 88.4 Å². The molecule has 3 aromatic carbocycles. The average Bonchev–Trinajstić information content (AvgIpc) is 2.79. The molecule has 0 unspecified atom stereocenters. The average molecular weight is 532 g/mol. The molecule has 0 bridgehead atoms. The quantitative estimate of drug-likeness (QED) is 0.430. The number of anilines is 1. The Morgan fingerprint density at radius 1 is 1.03 bits per heavy atom. The number of amides is 1. The van der Waals surface area contributed by atoms with Crippen LogP contribution in [0.15, 0.2) is 82.2 Å². The van der Waals surface area contributed by atoms with Crippen molar-refractivity contribution in [1.82, 2.24) is 10.2 Å². The van der Waals surface area contributed by atoms with Crippen LogP contribution < -0.4 is 14.8 Å². The second-order valence-electron chi connectivity index (χ2n) is 7.57. The number of sulfonamides is 1. The molecule has 1 amide bonds. The fourth-order valence-electron chi connectivity index (χ4n) is 3.36. The zero-order chi connectivity index (χ0) is 24.0. The molecular formula is C24H26BrN3O4S. The van der Waals surface area contributed by atoms with Crippen molar-refractivity contribution in [3.8, 4) is 5.75 Å². The van der Waals surface area contributed by atoms with Crippen molar-refractivity contribution in [1.29, 1.82) is 0 Å². The van der Waals surface area contributed by atoms with Crippen molar-refractivity contribution in [2.75, 3.05) is 32.5 Å². The lowest BCUT2D eigenvalue weighted by Gasteiger charge is -2.26. The van der Waals surface area contributed by atoms with E-state index in [4.69, 9.17) is 4.74 Å². The minimum Gasteiger partial charge on any atom is -0.496 e. The standard InChI is InChI=1S/C24H26BrN3O4S/c1-28(2)22(21-9-4-5-10-23(21)32-3)16-26-24(29)17-7-6-8-19(15-17)27-33(30,31)20-13-11-18(25)12-14-20/h4-15,22,27H,16H2,1-3H3,(H,26,29)/t22-/m1/s1. The third-order valence-electron chi connectivity index (χ3n) is 5.08. The summed E-state index contributed by atoms with van der Waals surface area (Å²) in [4.78, 5) is 15.0. The van der Waals surface area contributed by atoms with Gasteiger partial charge in [-0.25, -0.2) is 8.42 Å². The molecule has 0 saturated heterocycles. The number of benzene rings is 3. The van der Waals surface area contributed by atoms with Gasteiger partial charge in [0.25, 0.3) is 15.9 Å². The van der Waals surface area contributed by atoms with Crippen molar-refractivity contribution >= 4 is 37.5 Å². The van der Waals surface area contributed by atoms with Gasteiger partial charge in [-0.15, -0.1) is 0 Å². The van der Waals surface area contributed by atoms with Gasteiger partial charge in [0.15, 0.2) is 0 Å². The molecule has 0 aliphatic carbocycles. The lowest BCUT2D eigenvalue weighted by atomic mass is 10.0. The molecule has 174 valence electrons. The summed E-state index contributed by atoms with van der Waals surface area (Å²) in [6.45, 7) is 0.348. The number of nitrogens with zero attached hydrogens (tertiary/aromatic N) is 1. The van der Waals surface area contributed by atoms with Crippen molar-refractivity contribution in [2.24, 2.45) is 0 Å². The predicted molar refractivity (Wildman–Crippen MR) is 133 cm³/mol. The van der Waals surface area contributed by atoms with Crippen LogP contribution in [0.5, 0.6) is 5.75 Å². The number of halogens is 1. The van der Waals surface area contributed by atoms with E-state index in [0.29, 0.717) is 17.8 Å². The molecule has 9 heteroatoms. The molecule has 0 spiro atoms. The first-order valence-electron chi connectivity index (χ1n) is 10.2. The monoisotopic (exact) mass is 531 g/mol. The van der Waals surface area contributed by atoms with Gasteiger partial charge >= 0.3 is 0 Å². The smallest absolute Gasteiger partial charge is 0.261 e. The first kappa shape index (κ1) is 24.8. The number of rotatable bonds is 9. The predicted octanol–water partition coefficient (Wildman–Crippen LogP) is 4.29. The summed E-state index contributed by atoms with van der Waals surface area (Å²) in [5, 5.41) is 2.94. The van der Waals surface area contributed by atoms with Crippen molar-refractivity contribution in [3.63, 3.8) is 0 Å². The van der Waals surface area contributed by atoms with Gasteiger partial charge in [-0.05, 0) is 62.6 Å². The Kier molecular flexibility index (Phi) is 8.12. The Balaban J connectivity index is 1.73. The highest BCUT2D eigenvalue weighted by molar-refractivity contribution is 9.10. The fourth-order valence-corrected chi connectivity index (χ4v) is 4.67. The second-order valence-corrected chi connectivity index (χ2v) is 10.2. The van der Waals surface area contributed by atoms with E-state index in [9.17, 15) is 13.2 Å². The van der Waals surface area contributed by atoms with Crippen LogP contribution in [0.1, 0.15) is 22.0 Å². The Hall–Kier alpha value is -2.88. The number of hydrogen-bond donors (Lipinski definition) is 2. The van der Waals surface area contributed by atoms with Crippen LogP contribution in [-0.2, 0) is 10.0 Å². The molecule has 7 nitrogen and oxygen atoms in total. The molecule has 2 N–H and O–H groups in total. The normalized spacial score (nSPS) is 12.3. The molecule has 33 heavy (non-hydrogen) atoms. The molecule has 3 aromatic rings. The van der Waals surface area contributed by atoms with Gasteiger partial charge in [0.1, 0.15) is 5.75 Å². The Morgan fingerprint density at radius 2 is 1.73 bits per heavy atom. The van der Waals surface area contributed by atoms with Crippen LogP contribution in [0.4, 0.5) is 5.69 Å². The van der Waals surface area contributed by atoms with E-state index in [2.05, 4.69) is 26.0 Å². The van der Waals surface area contributed by atoms with E-state index >= 15 is 0 Å². The highest BCUT2D eigenvalue weighted by Crippen LogP contribution is 2.27. The van der Waals surface area contributed by atoms with Gasteiger partial charge in [-0.3, -0.25) is 9.52 Å². The second kappa shape index (κ2) is 10.8. The van der Waals surface area contributed by atoms with Crippen LogP contribution >= 0.6 is 15.9 Å². The highest BCUT2D eigenvalue weighted by Gasteiger charge is 2.20. The summed E-state index contributed by atoms with van der Waals surface area (Å²) in [5.41, 5.74) is 1.62. The molecule has 0 heterocycles. The minimum atomic E-state index is -3.78. The first-order chi connectivity index (χ1) is 15.7. The SMILES string of the molecule is COc1ccccc1[C@@H](CNC(=O)c1cccc(NS(=O)(=O)c2ccc(Br)cc2)c1)N(C)C. The van der Waals surface area contributed by atoms with E-state index in [0.717, 1.165) is 15.8 Å². The lowest BCUT2D eigenvalue weighted by Crippen LogP contribution is -2.34. The Bertz CT molecular complexity index is 1210. The molecule has 0 radical (unpaired) electrons. The molecule has 0 saturated carbocycles. The zero-order valence-corrected chi connectivity index (χ0v) is 21.0. The molecule has 0 aliphatic rings. The lowest BCUT2D eigenvalue weighted by molar-refractivity contribution is 0.0941. The molecule has 0 aromatic heterocycles. The van der Waals surface area contributed by atoms with Crippen LogP contribution in [0.2, 0.25) is 0 Å². The van der Waals surface area contributed by atoms with Gasteiger partial charge in [0, 0.05) is 27.8 Å². The summed E-state index contributed by atoms with van der Waals surface area (Å²) < 4.78 is 34.1. The molecule has 3 rings (SSSR count). The van der Waals surface area contributed by atoms with Crippen LogP contribution in [0, 0.1) is 0 Å². The van der Waals surface area contributed by atoms with Crippen LogP contribution in [0.25, 0.3) is 0 Å². The first-order valence-corrected chi connectivity index (χ1v) is 12.4. The number of para-hydroxylation sites is 1. The number of carbonyl (C=O) groups is 1. The van der Waals surface area contributed by atoms with Crippen molar-refractivity contribution < 1.29 is 17.9 Å². The van der Waals surface area contributed by atoms with E-state index < -0.39 is 10.0 Å². The van der Waals surface area contributed by atoms with E-state index in [-0.39, 0.29) is 16.8 Å². The Morgan fingerprint density at radius 3 is 2.39 bits per heavy atom. The number of nitrogens with one attached hydrogen (secondary N) is 2. The summed E-state index contributed by atoms with van der Waals surface area (Å²) in [6, 6.07) is 20.3. The molecule has 0 aliphatic heterocycles. The fraction of sp³-hybridized carbons (Fsp3) is 0.208. The summed E-state index contributed by atoms with van der Waals surface area (Å²) >= 11 is 3.29. The number of ether oxygens (including phenoxy) is 1. The van der Waals surface area contributed by atoms with Crippen LogP contribution in [-0.4, -0.2) is 47.0 Å². The largest absolute Gasteiger partial charge is 0.496 e. The topological polar surface area (TPSA) is 87.7 Å². The number of likely N-dealkylation sites (N-methyl/N-ethyl adjacent to an activating group) is 1. The van der Waals surface area contributed by atoms with E-state index in [1.807, 2.05) is 43.3 Å². The molecular weight excluding hydrogens is 506 g/mol. The Labute approximate surface area is 202 Å². The number of carbonyl (C=O) groups excluding carboxylic acids is 1. The van der Waals surface area contributed by atoms with Crippen molar-refractivity contribution in [2.45, 2.75) is 10.9 Å². The molecule has 0 fully saturated rings.